The summed E-state index contributed by atoms with van der Waals surface area (Å²) < 4.78 is 1.05. The molecule has 0 unspecified atom stereocenters. The molecule has 3 N–H and O–H groups in total. The number of fused-ring (bicyclic) bond motifs is 1. The highest BCUT2D eigenvalue weighted by Crippen LogP contribution is 2.30. The number of pyridine rings is 1. The van der Waals surface area contributed by atoms with Crippen molar-refractivity contribution < 1.29 is 4.79 Å². The number of hydrogen-bond acceptors (Lipinski definition) is 6. The molecule has 1 fully saturated rings. The Bertz CT molecular complexity index is 1150. The Balaban J connectivity index is 1.51. The first kappa shape index (κ1) is 20.9. The summed E-state index contributed by atoms with van der Waals surface area (Å²) >= 11 is 1.53. The fraction of sp³-hybridized carbons (Fsp3) is 0.217. The molecule has 1 aliphatic rings. The monoisotopic (exact) mass is 432 g/mol. The van der Waals surface area contributed by atoms with Crippen molar-refractivity contribution in [1.82, 2.24) is 20.6 Å². The smallest absolute Gasteiger partial charge is 0.247 e. The molecular formula is C23H24N6OS. The van der Waals surface area contributed by atoms with Crippen LogP contribution in [0, 0.1) is 0 Å². The van der Waals surface area contributed by atoms with Crippen molar-refractivity contribution in [2.24, 2.45) is 4.99 Å². The highest BCUT2D eigenvalue weighted by Gasteiger charge is 2.17. The van der Waals surface area contributed by atoms with E-state index in [1.165, 1.54) is 17.5 Å². The number of anilines is 1. The molecule has 4 rings (SSSR count). The summed E-state index contributed by atoms with van der Waals surface area (Å²) in [4.78, 5) is 25.6. The maximum Gasteiger partial charge on any atom is 0.247 e. The standard InChI is InChI=1S/C23H24N6OS/c1-3-26-21(11-15(2)22(30)27-18-8-10-25-14-18)29-23-28-19-7-6-16(12-20(19)31-23)17-5-4-9-24-13-17/h3-7,9,11-13,18,25H,1,8,10,14H2,2H3,(H,27,30)(H,26,28,29)/b15-11+/t18-/m0/s1. The Labute approximate surface area is 185 Å². The molecule has 1 aromatic carbocycles. The van der Waals surface area contributed by atoms with E-state index in [2.05, 4.69) is 43.6 Å². The molecule has 1 aliphatic heterocycles. The molecule has 0 radical (unpaired) electrons. The predicted octanol–water partition coefficient (Wildman–Crippen LogP) is 3.74. The number of carbonyl (C=O) groups is 1. The number of thiazole rings is 1. The first-order valence-corrected chi connectivity index (χ1v) is 10.9. The summed E-state index contributed by atoms with van der Waals surface area (Å²) in [5, 5.41) is 10.2. The van der Waals surface area contributed by atoms with E-state index in [0.717, 1.165) is 40.9 Å². The van der Waals surface area contributed by atoms with Crippen molar-refractivity contribution >= 4 is 38.4 Å². The van der Waals surface area contributed by atoms with E-state index in [0.29, 0.717) is 16.5 Å². The van der Waals surface area contributed by atoms with E-state index in [-0.39, 0.29) is 11.9 Å². The molecule has 3 heterocycles. The van der Waals surface area contributed by atoms with Crippen molar-refractivity contribution in [3.63, 3.8) is 0 Å². The molecule has 1 amide bonds. The summed E-state index contributed by atoms with van der Waals surface area (Å²) in [5.41, 5.74) is 3.61. The molecule has 1 saturated heterocycles. The van der Waals surface area contributed by atoms with Crippen LogP contribution in [-0.2, 0) is 4.79 Å². The van der Waals surface area contributed by atoms with Gasteiger partial charge in [0.05, 0.1) is 10.2 Å². The first-order valence-electron chi connectivity index (χ1n) is 10.1. The maximum atomic E-state index is 12.5. The van der Waals surface area contributed by atoms with Crippen molar-refractivity contribution in [3.05, 3.63) is 67.2 Å². The summed E-state index contributed by atoms with van der Waals surface area (Å²) in [7, 11) is 0. The molecule has 158 valence electrons. The van der Waals surface area contributed by atoms with Crippen LogP contribution in [0.5, 0.6) is 0 Å². The lowest BCUT2D eigenvalue weighted by molar-refractivity contribution is -0.118. The Morgan fingerprint density at radius 3 is 3.00 bits per heavy atom. The normalized spacial score (nSPS) is 17.0. The van der Waals surface area contributed by atoms with Crippen LogP contribution in [0.25, 0.3) is 21.3 Å². The van der Waals surface area contributed by atoms with Gasteiger partial charge in [0.15, 0.2) is 5.13 Å². The number of benzene rings is 1. The van der Waals surface area contributed by atoms with E-state index in [1.54, 1.807) is 19.2 Å². The van der Waals surface area contributed by atoms with Crippen LogP contribution in [0.3, 0.4) is 0 Å². The van der Waals surface area contributed by atoms with E-state index < -0.39 is 0 Å². The number of aliphatic imine (C=N–C) groups is 1. The highest BCUT2D eigenvalue weighted by molar-refractivity contribution is 7.22. The van der Waals surface area contributed by atoms with Gasteiger partial charge in [0.1, 0.15) is 5.84 Å². The average Bonchev–Trinajstić information content (AvgIpc) is 3.43. The van der Waals surface area contributed by atoms with Gasteiger partial charge in [-0.05, 0) is 49.7 Å². The summed E-state index contributed by atoms with van der Waals surface area (Å²) in [6.45, 7) is 7.18. The zero-order chi connectivity index (χ0) is 21.6. The second-order valence-electron chi connectivity index (χ2n) is 7.26. The molecule has 2 aromatic heterocycles. The third-order valence-corrected chi connectivity index (χ3v) is 5.89. The number of hydrogen-bond donors (Lipinski definition) is 3. The van der Waals surface area contributed by atoms with Crippen molar-refractivity contribution in [3.8, 4) is 11.1 Å². The van der Waals surface area contributed by atoms with Crippen molar-refractivity contribution in [2.75, 3.05) is 18.4 Å². The number of amides is 1. The van der Waals surface area contributed by atoms with Gasteiger partial charge in [-0.15, -0.1) is 0 Å². The molecule has 0 bridgehead atoms. The third-order valence-electron chi connectivity index (χ3n) is 4.96. The van der Waals surface area contributed by atoms with E-state index >= 15 is 0 Å². The van der Waals surface area contributed by atoms with E-state index in [4.69, 9.17) is 0 Å². The lowest BCUT2D eigenvalue weighted by Gasteiger charge is -2.11. The number of amidine groups is 1. The average molecular weight is 433 g/mol. The van der Waals surface area contributed by atoms with Gasteiger partial charge in [-0.3, -0.25) is 9.78 Å². The topological polar surface area (TPSA) is 91.3 Å². The summed E-state index contributed by atoms with van der Waals surface area (Å²) in [6, 6.07) is 10.3. The fourth-order valence-corrected chi connectivity index (χ4v) is 4.26. The molecule has 3 aromatic rings. The number of carbonyl (C=O) groups excluding carboxylic acids is 1. The Morgan fingerprint density at radius 1 is 1.35 bits per heavy atom. The van der Waals surface area contributed by atoms with Gasteiger partial charge < -0.3 is 16.0 Å². The van der Waals surface area contributed by atoms with Crippen LogP contribution in [0.1, 0.15) is 13.3 Å². The van der Waals surface area contributed by atoms with Crippen molar-refractivity contribution in [2.45, 2.75) is 19.4 Å². The largest absolute Gasteiger partial charge is 0.348 e. The number of nitrogens with zero attached hydrogens (tertiary/aromatic N) is 3. The quantitative estimate of drug-likeness (QED) is 0.314. The number of aromatic nitrogens is 2. The minimum Gasteiger partial charge on any atom is -0.348 e. The third kappa shape index (κ3) is 5.22. The van der Waals surface area contributed by atoms with Crippen LogP contribution >= 0.6 is 11.3 Å². The summed E-state index contributed by atoms with van der Waals surface area (Å²) in [6.07, 6.45) is 7.71. The second-order valence-corrected chi connectivity index (χ2v) is 8.29. The van der Waals surface area contributed by atoms with Gasteiger partial charge in [0.25, 0.3) is 0 Å². The predicted molar refractivity (Wildman–Crippen MR) is 127 cm³/mol. The Hall–Kier alpha value is -3.36. The second kappa shape index (κ2) is 9.63. The van der Waals surface area contributed by atoms with Gasteiger partial charge in [-0.1, -0.05) is 30.0 Å². The molecule has 0 saturated carbocycles. The molecular weight excluding hydrogens is 408 g/mol. The number of nitrogens with one attached hydrogen (secondary N) is 3. The molecule has 8 heteroatoms. The number of rotatable bonds is 6. The van der Waals surface area contributed by atoms with Gasteiger partial charge in [0.2, 0.25) is 5.91 Å². The van der Waals surface area contributed by atoms with Gasteiger partial charge in [-0.2, -0.15) is 0 Å². The van der Waals surface area contributed by atoms with Gasteiger partial charge >= 0.3 is 0 Å². The van der Waals surface area contributed by atoms with Gasteiger partial charge in [-0.25, -0.2) is 9.98 Å². The lowest BCUT2D eigenvalue weighted by atomic mass is 10.1. The van der Waals surface area contributed by atoms with Gasteiger partial charge in [0, 0.05) is 42.3 Å². The molecule has 7 nitrogen and oxygen atoms in total. The fourth-order valence-electron chi connectivity index (χ4n) is 3.35. The van der Waals surface area contributed by atoms with E-state index in [1.807, 2.05) is 30.5 Å². The lowest BCUT2D eigenvalue weighted by Crippen LogP contribution is -2.36. The molecule has 0 aliphatic carbocycles. The van der Waals surface area contributed by atoms with E-state index in [9.17, 15) is 4.79 Å². The van der Waals surface area contributed by atoms with Crippen LogP contribution in [0.4, 0.5) is 5.13 Å². The Kier molecular flexibility index (Phi) is 6.49. The van der Waals surface area contributed by atoms with Crippen LogP contribution in [-0.4, -0.2) is 40.8 Å². The maximum absolute atomic E-state index is 12.5. The minimum atomic E-state index is -0.0994. The SMILES string of the molecule is C=C/N=C(\C=C(/C)C(=O)N[C@H]1CCNC1)Nc1nc2ccc(-c3cccnc3)cc2s1. The van der Waals surface area contributed by atoms with Crippen LogP contribution in [0.15, 0.2) is 72.1 Å². The zero-order valence-corrected chi connectivity index (χ0v) is 18.1. The minimum absolute atomic E-state index is 0.0994. The summed E-state index contributed by atoms with van der Waals surface area (Å²) in [5.74, 6) is 0.413. The Morgan fingerprint density at radius 2 is 2.26 bits per heavy atom. The molecule has 1 atom stereocenters. The van der Waals surface area contributed by atoms with Crippen LogP contribution in [0.2, 0.25) is 0 Å². The van der Waals surface area contributed by atoms with Crippen LogP contribution < -0.4 is 16.0 Å². The molecule has 0 spiro atoms. The first-order chi connectivity index (χ1) is 15.1. The van der Waals surface area contributed by atoms with Crippen molar-refractivity contribution in [1.29, 1.82) is 0 Å². The highest BCUT2D eigenvalue weighted by atomic mass is 32.1. The molecule has 31 heavy (non-hydrogen) atoms. The zero-order valence-electron chi connectivity index (χ0n) is 17.3.